The number of urea groups is 1. The van der Waals surface area contributed by atoms with Crippen molar-refractivity contribution >= 4 is 17.6 Å². The summed E-state index contributed by atoms with van der Waals surface area (Å²) < 4.78 is 5.71. The minimum atomic E-state index is -0.748. The van der Waals surface area contributed by atoms with E-state index in [4.69, 9.17) is 4.74 Å². The molecule has 1 aromatic carbocycles. The number of hydrogen-bond donors (Lipinski definition) is 1. The van der Waals surface area contributed by atoms with Gasteiger partial charge in [-0.1, -0.05) is 25.5 Å². The van der Waals surface area contributed by atoms with Gasteiger partial charge in [-0.15, -0.1) is 0 Å². The molecule has 2 atom stereocenters. The number of likely N-dealkylation sites (tertiary alicyclic amines) is 1. The average Bonchev–Trinajstić information content (AvgIpc) is 3.45. The third-order valence-electron chi connectivity index (χ3n) is 8.01. The van der Waals surface area contributed by atoms with Gasteiger partial charge in [-0.05, 0) is 82.7 Å². The van der Waals surface area contributed by atoms with Crippen LogP contribution in [0.25, 0.3) is 0 Å². The number of nitrogens with one attached hydrogen (secondary N) is 1. The highest BCUT2D eigenvalue weighted by atomic mass is 16.5. The maximum absolute atomic E-state index is 13.6. The highest BCUT2D eigenvalue weighted by Gasteiger charge is 2.55. The molecule has 0 bridgehead atoms. The molecule has 0 spiro atoms. The zero-order chi connectivity index (χ0) is 24.1. The van der Waals surface area contributed by atoms with E-state index < -0.39 is 5.54 Å². The summed E-state index contributed by atoms with van der Waals surface area (Å²) >= 11 is 0. The molecule has 3 amide bonds. The molecule has 7 nitrogen and oxygen atoms in total. The summed E-state index contributed by atoms with van der Waals surface area (Å²) in [6.45, 7) is 12.4. The van der Waals surface area contributed by atoms with Crippen LogP contribution in [-0.4, -0.2) is 72.7 Å². The van der Waals surface area contributed by atoms with E-state index >= 15 is 0 Å². The molecule has 3 aliphatic rings. The molecule has 0 radical (unpaired) electrons. The van der Waals surface area contributed by atoms with Gasteiger partial charge in [-0.3, -0.25) is 14.6 Å². The number of carbonyl (C=O) groups is 2. The molecule has 0 aromatic heterocycles. The van der Waals surface area contributed by atoms with Gasteiger partial charge in [-0.25, -0.2) is 4.79 Å². The second-order valence-electron chi connectivity index (χ2n) is 10.1. The largest absolute Gasteiger partial charge is 0.376 e. The van der Waals surface area contributed by atoms with Gasteiger partial charge in [0.05, 0.1) is 12.6 Å². The first-order valence-electron chi connectivity index (χ1n) is 13.3. The van der Waals surface area contributed by atoms with E-state index in [-0.39, 0.29) is 24.0 Å². The van der Waals surface area contributed by atoms with Gasteiger partial charge in [0.25, 0.3) is 5.91 Å². The van der Waals surface area contributed by atoms with Gasteiger partial charge >= 0.3 is 6.03 Å². The van der Waals surface area contributed by atoms with Crippen molar-refractivity contribution < 1.29 is 14.3 Å². The Kier molecular flexibility index (Phi) is 8.14. The Labute approximate surface area is 204 Å². The number of imide groups is 1. The Morgan fingerprint density at radius 3 is 2.35 bits per heavy atom. The fraction of sp³-hybridized carbons (Fsp3) is 0.704. The molecule has 188 valence electrons. The smallest absolute Gasteiger partial charge is 0.325 e. The molecule has 3 fully saturated rings. The summed E-state index contributed by atoms with van der Waals surface area (Å²) in [6, 6.07) is 8.69. The number of anilines is 1. The van der Waals surface area contributed by atoms with E-state index in [0.29, 0.717) is 13.0 Å². The molecule has 1 N–H and O–H groups in total. The normalized spacial score (nSPS) is 26.3. The molecule has 3 heterocycles. The van der Waals surface area contributed by atoms with Gasteiger partial charge in [0.2, 0.25) is 0 Å². The van der Waals surface area contributed by atoms with Gasteiger partial charge in [-0.2, -0.15) is 0 Å². The Bertz CT molecular complexity index is 827. The van der Waals surface area contributed by atoms with Crippen molar-refractivity contribution in [2.45, 2.75) is 77.5 Å². The molecular formula is C27H42N4O3. The Balaban J connectivity index is 1.36. The highest BCUT2D eigenvalue weighted by Crippen LogP contribution is 2.37. The number of ether oxygens (including phenoxy) is 1. The van der Waals surface area contributed by atoms with Gasteiger partial charge in [0.1, 0.15) is 5.54 Å². The molecule has 3 saturated heterocycles. The second kappa shape index (κ2) is 11.1. The first-order valence-corrected chi connectivity index (χ1v) is 13.3. The lowest BCUT2D eigenvalue weighted by atomic mass is 9.74. The highest BCUT2D eigenvalue weighted by molar-refractivity contribution is 6.07. The number of amides is 3. The SMILES string of the molecule is CCC[C@@]1(C2CCN(Cc3ccc(N(CC)CC)cc3)CC2)NC(=O)N(C[C@@H]2CCCO2)C1=O. The lowest BCUT2D eigenvalue weighted by Gasteiger charge is -2.41. The van der Waals surface area contributed by atoms with Crippen molar-refractivity contribution in [3.8, 4) is 0 Å². The summed E-state index contributed by atoms with van der Waals surface area (Å²) in [4.78, 5) is 32.7. The van der Waals surface area contributed by atoms with Crippen molar-refractivity contribution in [1.82, 2.24) is 15.1 Å². The minimum absolute atomic E-state index is 0.0119. The number of carbonyl (C=O) groups excluding carboxylic acids is 2. The van der Waals surface area contributed by atoms with E-state index in [9.17, 15) is 9.59 Å². The number of hydrogen-bond acceptors (Lipinski definition) is 5. The van der Waals surface area contributed by atoms with Crippen LogP contribution in [0.5, 0.6) is 0 Å². The molecule has 0 aliphatic carbocycles. The van der Waals surface area contributed by atoms with E-state index in [1.165, 1.54) is 16.2 Å². The molecule has 0 unspecified atom stereocenters. The Morgan fingerprint density at radius 1 is 1.06 bits per heavy atom. The van der Waals surface area contributed by atoms with Crippen molar-refractivity contribution in [3.05, 3.63) is 29.8 Å². The average molecular weight is 471 g/mol. The topological polar surface area (TPSA) is 65.1 Å². The van der Waals surface area contributed by atoms with Gasteiger partial charge in [0.15, 0.2) is 0 Å². The van der Waals surface area contributed by atoms with Crippen LogP contribution in [0.1, 0.15) is 64.9 Å². The molecule has 7 heteroatoms. The van der Waals surface area contributed by atoms with Crippen LogP contribution in [-0.2, 0) is 16.1 Å². The second-order valence-corrected chi connectivity index (χ2v) is 10.1. The predicted molar refractivity (Wildman–Crippen MR) is 135 cm³/mol. The van der Waals surface area contributed by atoms with Crippen LogP contribution in [0.4, 0.5) is 10.5 Å². The van der Waals surface area contributed by atoms with E-state index in [0.717, 1.165) is 71.4 Å². The molecule has 4 rings (SSSR count). The maximum Gasteiger partial charge on any atom is 0.325 e. The fourth-order valence-electron chi connectivity index (χ4n) is 6.09. The summed E-state index contributed by atoms with van der Waals surface area (Å²) in [5, 5.41) is 3.16. The third kappa shape index (κ3) is 5.10. The van der Waals surface area contributed by atoms with Crippen molar-refractivity contribution in [3.63, 3.8) is 0 Å². The minimum Gasteiger partial charge on any atom is -0.376 e. The van der Waals surface area contributed by atoms with Crippen molar-refractivity contribution in [2.24, 2.45) is 5.92 Å². The van der Waals surface area contributed by atoms with E-state index in [1.54, 1.807) is 0 Å². The van der Waals surface area contributed by atoms with Crippen LogP contribution in [0.3, 0.4) is 0 Å². The Morgan fingerprint density at radius 2 is 1.76 bits per heavy atom. The standard InChI is InChI=1S/C27H42N4O3/c1-4-15-27(25(32)31(26(33)28-27)20-24-8-7-18-34-24)22-13-16-29(17-14-22)19-21-9-11-23(12-10-21)30(5-2)6-3/h9-12,22,24H,4-8,13-20H2,1-3H3,(H,28,33)/t24-,27-/m0/s1. The molecule has 0 saturated carbocycles. The number of benzene rings is 1. The molecule has 34 heavy (non-hydrogen) atoms. The zero-order valence-electron chi connectivity index (χ0n) is 21.2. The van der Waals surface area contributed by atoms with Gasteiger partial charge < -0.3 is 15.0 Å². The number of rotatable bonds is 10. The molecule has 3 aliphatic heterocycles. The van der Waals surface area contributed by atoms with Crippen LogP contribution in [0.15, 0.2) is 24.3 Å². The van der Waals surface area contributed by atoms with Crippen LogP contribution in [0, 0.1) is 5.92 Å². The Hall–Kier alpha value is -2.12. The van der Waals surface area contributed by atoms with Crippen LogP contribution in [0.2, 0.25) is 0 Å². The fourth-order valence-corrected chi connectivity index (χ4v) is 6.09. The molecular weight excluding hydrogens is 428 g/mol. The predicted octanol–water partition coefficient (Wildman–Crippen LogP) is 4.01. The summed E-state index contributed by atoms with van der Waals surface area (Å²) in [5.74, 6) is 0.153. The monoisotopic (exact) mass is 470 g/mol. The lowest BCUT2D eigenvalue weighted by Crippen LogP contribution is -2.56. The van der Waals surface area contributed by atoms with Crippen molar-refractivity contribution in [2.75, 3.05) is 44.2 Å². The number of nitrogens with zero attached hydrogens (tertiary/aromatic N) is 3. The third-order valence-corrected chi connectivity index (χ3v) is 8.01. The van der Waals surface area contributed by atoms with Crippen LogP contribution < -0.4 is 10.2 Å². The maximum atomic E-state index is 13.6. The quantitative estimate of drug-likeness (QED) is 0.524. The first kappa shape index (κ1) is 25.0. The zero-order valence-corrected chi connectivity index (χ0v) is 21.2. The summed E-state index contributed by atoms with van der Waals surface area (Å²) in [6.07, 6.45) is 5.35. The number of piperidine rings is 1. The van der Waals surface area contributed by atoms with Crippen LogP contribution >= 0.6 is 0 Å². The summed E-state index contributed by atoms with van der Waals surface area (Å²) in [5.41, 5.74) is 1.85. The summed E-state index contributed by atoms with van der Waals surface area (Å²) in [7, 11) is 0. The lowest BCUT2D eigenvalue weighted by molar-refractivity contribution is -0.135. The first-order chi connectivity index (χ1) is 16.5. The van der Waals surface area contributed by atoms with Crippen molar-refractivity contribution in [1.29, 1.82) is 0 Å². The van der Waals surface area contributed by atoms with E-state index in [1.807, 2.05) is 0 Å². The van der Waals surface area contributed by atoms with Gasteiger partial charge in [0, 0.05) is 31.9 Å². The van der Waals surface area contributed by atoms with E-state index in [2.05, 4.69) is 60.2 Å². The molecule has 1 aromatic rings.